The van der Waals surface area contributed by atoms with Gasteiger partial charge in [-0.05, 0) is 24.6 Å². The molecular formula is C13H15BrFN3OS. The smallest absolute Gasteiger partial charge is 0.299 e. The van der Waals surface area contributed by atoms with Crippen molar-refractivity contribution in [2.45, 2.75) is 20.4 Å². The van der Waals surface area contributed by atoms with Crippen LogP contribution in [0, 0.1) is 11.7 Å². The van der Waals surface area contributed by atoms with Crippen molar-refractivity contribution >= 4 is 27.3 Å². The van der Waals surface area contributed by atoms with Crippen molar-refractivity contribution in [3.05, 3.63) is 33.5 Å². The van der Waals surface area contributed by atoms with E-state index in [1.807, 2.05) is 0 Å². The molecule has 0 aliphatic carbocycles. The SMILES string of the molecule is CC(C)CNCc1nnc(Oc2cc(F)cc(Br)c2)s1. The zero-order valence-corrected chi connectivity index (χ0v) is 13.6. The molecule has 0 aliphatic rings. The molecule has 0 saturated heterocycles. The monoisotopic (exact) mass is 359 g/mol. The first kappa shape index (κ1) is 15.3. The van der Waals surface area contributed by atoms with Crippen molar-refractivity contribution in [3.63, 3.8) is 0 Å². The highest BCUT2D eigenvalue weighted by molar-refractivity contribution is 9.10. The quantitative estimate of drug-likeness (QED) is 0.847. The van der Waals surface area contributed by atoms with Crippen LogP contribution in [0.3, 0.4) is 0 Å². The van der Waals surface area contributed by atoms with Crippen molar-refractivity contribution < 1.29 is 9.13 Å². The lowest BCUT2D eigenvalue weighted by Crippen LogP contribution is -2.18. The van der Waals surface area contributed by atoms with E-state index in [1.165, 1.54) is 23.5 Å². The summed E-state index contributed by atoms with van der Waals surface area (Å²) in [6.07, 6.45) is 0. The van der Waals surface area contributed by atoms with Gasteiger partial charge in [0, 0.05) is 17.1 Å². The lowest BCUT2D eigenvalue weighted by atomic mass is 10.2. The first-order valence-corrected chi connectivity index (χ1v) is 7.81. The Kier molecular flexibility index (Phi) is 5.45. The predicted octanol–water partition coefficient (Wildman–Crippen LogP) is 3.98. The molecule has 7 heteroatoms. The summed E-state index contributed by atoms with van der Waals surface area (Å²) in [5.74, 6) is 0.621. The zero-order valence-electron chi connectivity index (χ0n) is 11.2. The number of hydrogen-bond donors (Lipinski definition) is 1. The van der Waals surface area contributed by atoms with E-state index in [0.29, 0.717) is 27.9 Å². The second kappa shape index (κ2) is 7.10. The van der Waals surface area contributed by atoms with Crippen LogP contribution in [0.4, 0.5) is 4.39 Å². The molecule has 0 radical (unpaired) electrons. The molecule has 0 bridgehead atoms. The molecule has 0 amide bonds. The van der Waals surface area contributed by atoms with Gasteiger partial charge in [0.2, 0.25) is 0 Å². The summed E-state index contributed by atoms with van der Waals surface area (Å²) in [7, 11) is 0. The standard InChI is InChI=1S/C13H15BrFN3OS/c1-8(2)6-16-7-12-17-18-13(20-12)19-11-4-9(14)3-10(15)5-11/h3-5,8,16H,6-7H2,1-2H3. The van der Waals surface area contributed by atoms with E-state index >= 15 is 0 Å². The lowest BCUT2D eigenvalue weighted by molar-refractivity contribution is 0.467. The molecule has 0 aliphatic heterocycles. The van der Waals surface area contributed by atoms with Crippen LogP contribution in [0.25, 0.3) is 0 Å². The molecule has 1 aromatic heterocycles. The van der Waals surface area contributed by atoms with Crippen LogP contribution in [-0.4, -0.2) is 16.7 Å². The maximum atomic E-state index is 13.2. The van der Waals surface area contributed by atoms with Crippen LogP contribution in [0.5, 0.6) is 10.9 Å². The molecule has 0 saturated carbocycles. The van der Waals surface area contributed by atoms with E-state index in [1.54, 1.807) is 6.07 Å². The first-order chi connectivity index (χ1) is 9.52. The number of halogens is 2. The number of rotatable bonds is 6. The molecule has 2 aromatic rings. The van der Waals surface area contributed by atoms with Crippen LogP contribution in [0.1, 0.15) is 18.9 Å². The van der Waals surface area contributed by atoms with Gasteiger partial charge in [-0.1, -0.05) is 46.2 Å². The fourth-order valence-corrected chi connectivity index (χ4v) is 2.63. The number of nitrogens with zero attached hydrogens (tertiary/aromatic N) is 2. The maximum Gasteiger partial charge on any atom is 0.299 e. The van der Waals surface area contributed by atoms with Crippen LogP contribution >= 0.6 is 27.3 Å². The first-order valence-electron chi connectivity index (χ1n) is 6.20. The normalized spacial score (nSPS) is 11.1. The van der Waals surface area contributed by atoms with E-state index in [0.717, 1.165) is 11.6 Å². The Hall–Kier alpha value is -1.05. The molecule has 4 nitrogen and oxygen atoms in total. The fourth-order valence-electron chi connectivity index (χ4n) is 1.51. The number of aromatic nitrogens is 2. The van der Waals surface area contributed by atoms with Gasteiger partial charge in [0.05, 0.1) is 0 Å². The number of nitrogens with one attached hydrogen (secondary N) is 1. The van der Waals surface area contributed by atoms with Crippen molar-refractivity contribution in [3.8, 4) is 10.9 Å². The topological polar surface area (TPSA) is 47.0 Å². The van der Waals surface area contributed by atoms with Crippen LogP contribution in [0.2, 0.25) is 0 Å². The molecule has 1 aromatic carbocycles. The summed E-state index contributed by atoms with van der Waals surface area (Å²) in [5, 5.41) is 12.5. The molecule has 0 unspecified atom stereocenters. The van der Waals surface area contributed by atoms with E-state index in [-0.39, 0.29) is 5.82 Å². The van der Waals surface area contributed by atoms with E-state index in [2.05, 4.69) is 45.3 Å². The maximum absolute atomic E-state index is 13.2. The Morgan fingerprint density at radius 1 is 1.35 bits per heavy atom. The summed E-state index contributed by atoms with van der Waals surface area (Å²) in [5.41, 5.74) is 0. The molecule has 0 atom stereocenters. The minimum absolute atomic E-state index is 0.363. The minimum atomic E-state index is -0.363. The van der Waals surface area contributed by atoms with Gasteiger partial charge < -0.3 is 10.1 Å². The summed E-state index contributed by atoms with van der Waals surface area (Å²) in [6.45, 7) is 5.87. The third-order valence-corrected chi connectivity index (χ3v) is 3.58. The molecule has 1 heterocycles. The van der Waals surface area contributed by atoms with Gasteiger partial charge in [-0.25, -0.2) is 4.39 Å². The van der Waals surface area contributed by atoms with Crippen molar-refractivity contribution in [1.29, 1.82) is 0 Å². The summed E-state index contributed by atoms with van der Waals surface area (Å²) < 4.78 is 19.3. The van der Waals surface area contributed by atoms with Gasteiger partial charge in [-0.3, -0.25) is 0 Å². The third kappa shape index (κ3) is 4.81. The molecule has 0 fully saturated rings. The van der Waals surface area contributed by atoms with Crippen LogP contribution in [0.15, 0.2) is 22.7 Å². The van der Waals surface area contributed by atoms with Crippen molar-refractivity contribution in [2.24, 2.45) is 5.92 Å². The summed E-state index contributed by atoms with van der Waals surface area (Å²) in [6, 6.07) is 4.36. The Morgan fingerprint density at radius 2 is 2.15 bits per heavy atom. The van der Waals surface area contributed by atoms with E-state index < -0.39 is 0 Å². The van der Waals surface area contributed by atoms with Crippen molar-refractivity contribution in [1.82, 2.24) is 15.5 Å². The average Bonchev–Trinajstić information content (AvgIpc) is 2.74. The Morgan fingerprint density at radius 3 is 2.85 bits per heavy atom. The largest absolute Gasteiger partial charge is 0.430 e. The Balaban J connectivity index is 1.95. The fraction of sp³-hybridized carbons (Fsp3) is 0.385. The number of benzene rings is 1. The summed E-state index contributed by atoms with van der Waals surface area (Å²) >= 11 is 4.56. The van der Waals surface area contributed by atoms with Crippen molar-refractivity contribution in [2.75, 3.05) is 6.54 Å². The molecule has 20 heavy (non-hydrogen) atoms. The van der Waals surface area contributed by atoms with Gasteiger partial charge in [0.1, 0.15) is 16.6 Å². The Labute approximate surface area is 129 Å². The van der Waals surface area contributed by atoms with E-state index in [4.69, 9.17) is 4.74 Å². The highest BCUT2D eigenvalue weighted by atomic mass is 79.9. The average molecular weight is 360 g/mol. The number of ether oxygens (including phenoxy) is 1. The molecular weight excluding hydrogens is 345 g/mol. The van der Waals surface area contributed by atoms with Gasteiger partial charge in [0.15, 0.2) is 0 Å². The van der Waals surface area contributed by atoms with Gasteiger partial charge >= 0.3 is 0 Å². The minimum Gasteiger partial charge on any atom is -0.430 e. The lowest BCUT2D eigenvalue weighted by Gasteiger charge is -2.04. The van der Waals surface area contributed by atoms with E-state index in [9.17, 15) is 4.39 Å². The number of hydrogen-bond acceptors (Lipinski definition) is 5. The molecule has 2 rings (SSSR count). The molecule has 1 N–H and O–H groups in total. The highest BCUT2D eigenvalue weighted by Gasteiger charge is 2.08. The van der Waals surface area contributed by atoms with Crippen LogP contribution < -0.4 is 10.1 Å². The second-order valence-electron chi connectivity index (χ2n) is 4.69. The zero-order chi connectivity index (χ0) is 14.5. The van der Waals surface area contributed by atoms with Gasteiger partial charge in [0.25, 0.3) is 5.19 Å². The molecule has 0 spiro atoms. The third-order valence-electron chi connectivity index (χ3n) is 2.32. The van der Waals surface area contributed by atoms with Crippen LogP contribution in [-0.2, 0) is 6.54 Å². The van der Waals surface area contributed by atoms with Gasteiger partial charge in [-0.15, -0.1) is 5.10 Å². The predicted molar refractivity (Wildman–Crippen MR) is 80.6 cm³/mol. The van der Waals surface area contributed by atoms with Gasteiger partial charge in [-0.2, -0.15) is 0 Å². The Bertz CT molecular complexity index is 556. The highest BCUT2D eigenvalue weighted by Crippen LogP contribution is 2.28. The summed E-state index contributed by atoms with van der Waals surface area (Å²) in [4.78, 5) is 0. The molecule has 108 valence electrons. The second-order valence-corrected chi connectivity index (χ2v) is 6.63.